The van der Waals surface area contributed by atoms with Crippen LogP contribution in [0.25, 0.3) is 0 Å². The van der Waals surface area contributed by atoms with Crippen molar-refractivity contribution in [2.45, 2.75) is 50.2 Å². The first-order valence-electron chi connectivity index (χ1n) is 9.96. The number of urea groups is 1. The Balaban J connectivity index is 1.36. The number of nitrogens with one attached hydrogen (secondary N) is 2. The molecular weight excluding hydrogens is 344 g/mol. The molecule has 0 heterocycles. The summed E-state index contributed by atoms with van der Waals surface area (Å²) in [5.41, 5.74) is 0.573. The van der Waals surface area contributed by atoms with E-state index in [9.17, 15) is 9.90 Å². The Bertz CT molecular complexity index is 670. The highest BCUT2D eigenvalue weighted by Crippen LogP contribution is 2.55. The third kappa shape index (κ3) is 3.72. The van der Waals surface area contributed by atoms with Gasteiger partial charge in [0.25, 0.3) is 0 Å². The van der Waals surface area contributed by atoms with Crippen molar-refractivity contribution in [2.24, 2.45) is 17.8 Å². The summed E-state index contributed by atoms with van der Waals surface area (Å²) in [6, 6.07) is 5.09. The third-order valence-electron chi connectivity index (χ3n) is 6.67. The summed E-state index contributed by atoms with van der Waals surface area (Å²) < 4.78 is 10.5. The van der Waals surface area contributed by atoms with E-state index in [0.717, 1.165) is 37.0 Å². The fourth-order valence-electron chi connectivity index (χ4n) is 5.95. The zero-order valence-electron chi connectivity index (χ0n) is 16.2. The second kappa shape index (κ2) is 7.23. The number of amides is 2. The number of rotatable bonds is 6. The van der Waals surface area contributed by atoms with Gasteiger partial charge in [0.15, 0.2) is 0 Å². The molecule has 1 aromatic rings. The number of carbonyl (C=O) groups excluding carboxylic acids is 1. The van der Waals surface area contributed by atoms with Gasteiger partial charge in [-0.05, 0) is 74.5 Å². The van der Waals surface area contributed by atoms with E-state index < -0.39 is 6.10 Å². The van der Waals surface area contributed by atoms with E-state index in [-0.39, 0.29) is 18.1 Å². The zero-order chi connectivity index (χ0) is 19.0. The normalized spacial score (nSPS) is 32.0. The molecule has 4 bridgehead atoms. The lowest BCUT2D eigenvalue weighted by molar-refractivity contribution is -0.0136. The van der Waals surface area contributed by atoms with Crippen LogP contribution in [0, 0.1) is 17.8 Å². The van der Waals surface area contributed by atoms with Crippen LogP contribution in [-0.4, -0.2) is 37.4 Å². The Morgan fingerprint density at radius 1 is 1.15 bits per heavy atom. The van der Waals surface area contributed by atoms with Gasteiger partial charge in [0.05, 0.1) is 14.2 Å². The van der Waals surface area contributed by atoms with Gasteiger partial charge in [-0.3, -0.25) is 0 Å². The Kier molecular flexibility index (Phi) is 4.93. The monoisotopic (exact) mass is 374 g/mol. The van der Waals surface area contributed by atoms with Gasteiger partial charge in [-0.15, -0.1) is 0 Å². The minimum Gasteiger partial charge on any atom is -0.497 e. The highest BCUT2D eigenvalue weighted by Gasteiger charge is 2.51. The number of hydrogen-bond acceptors (Lipinski definition) is 4. The first-order chi connectivity index (χ1) is 13.0. The molecule has 6 heteroatoms. The van der Waals surface area contributed by atoms with Crippen LogP contribution in [0.2, 0.25) is 0 Å². The number of aliphatic hydroxyl groups excluding tert-OH is 1. The standard InChI is InChI=1S/C21H30N2O4/c1-26-16-3-4-19(27-2)17(8-16)18(24)12-22-20(25)23-21-9-13-5-14(10-21)7-15(6-13)11-21/h3-4,8,13-15,18,24H,5-7,9-12H2,1-2H3,(H2,22,23,25)/t13?,14?,15?,18-,21?/m0/s1. The average Bonchev–Trinajstić information content (AvgIpc) is 2.64. The van der Waals surface area contributed by atoms with Crippen LogP contribution in [0.4, 0.5) is 4.79 Å². The summed E-state index contributed by atoms with van der Waals surface area (Å²) >= 11 is 0. The van der Waals surface area contributed by atoms with Crippen LogP contribution in [-0.2, 0) is 0 Å². The molecule has 27 heavy (non-hydrogen) atoms. The topological polar surface area (TPSA) is 79.8 Å². The number of carbonyl (C=O) groups is 1. The Morgan fingerprint density at radius 2 is 1.78 bits per heavy atom. The number of methoxy groups -OCH3 is 2. The van der Waals surface area contributed by atoms with E-state index in [2.05, 4.69) is 10.6 Å². The Morgan fingerprint density at radius 3 is 2.33 bits per heavy atom. The molecule has 4 aliphatic carbocycles. The van der Waals surface area contributed by atoms with Crippen LogP contribution in [0.5, 0.6) is 11.5 Å². The highest BCUT2D eigenvalue weighted by molar-refractivity contribution is 5.75. The summed E-state index contributed by atoms with van der Waals surface area (Å²) in [6.07, 6.45) is 6.50. The summed E-state index contributed by atoms with van der Waals surface area (Å²) in [6.45, 7) is 0.127. The highest BCUT2D eigenvalue weighted by atomic mass is 16.5. The van der Waals surface area contributed by atoms with Crippen molar-refractivity contribution in [1.29, 1.82) is 0 Å². The third-order valence-corrected chi connectivity index (χ3v) is 6.67. The molecule has 4 saturated carbocycles. The van der Waals surface area contributed by atoms with E-state index in [0.29, 0.717) is 17.1 Å². The predicted octanol–water partition coefficient (Wildman–Crippen LogP) is 3.01. The maximum Gasteiger partial charge on any atom is 0.315 e. The largest absolute Gasteiger partial charge is 0.497 e. The molecule has 0 saturated heterocycles. The summed E-state index contributed by atoms with van der Waals surface area (Å²) in [7, 11) is 3.14. The zero-order valence-corrected chi connectivity index (χ0v) is 16.2. The van der Waals surface area contributed by atoms with Crippen molar-refractivity contribution in [3.05, 3.63) is 23.8 Å². The number of hydrogen-bond donors (Lipinski definition) is 3. The van der Waals surface area contributed by atoms with Gasteiger partial charge in [0.1, 0.15) is 17.6 Å². The van der Waals surface area contributed by atoms with E-state index >= 15 is 0 Å². The first-order valence-corrected chi connectivity index (χ1v) is 9.96. The predicted molar refractivity (Wildman–Crippen MR) is 102 cm³/mol. The molecule has 4 fully saturated rings. The maximum absolute atomic E-state index is 12.6. The minimum absolute atomic E-state index is 0.0303. The van der Waals surface area contributed by atoms with Crippen molar-refractivity contribution in [3.63, 3.8) is 0 Å². The van der Waals surface area contributed by atoms with Crippen molar-refractivity contribution in [1.82, 2.24) is 10.6 Å². The molecule has 0 spiro atoms. The second-order valence-corrected chi connectivity index (χ2v) is 8.66. The SMILES string of the molecule is COc1ccc(OC)c([C@@H](O)CNC(=O)NC23CC4CC(CC(C4)C2)C3)c1. The molecule has 4 aliphatic rings. The van der Waals surface area contributed by atoms with E-state index in [1.807, 2.05) is 0 Å². The van der Waals surface area contributed by atoms with Gasteiger partial charge >= 0.3 is 6.03 Å². The van der Waals surface area contributed by atoms with Crippen molar-refractivity contribution < 1.29 is 19.4 Å². The molecule has 5 rings (SSSR count). The van der Waals surface area contributed by atoms with Gasteiger partial charge in [-0.25, -0.2) is 4.79 Å². The number of benzene rings is 1. The average molecular weight is 374 g/mol. The Hall–Kier alpha value is -1.95. The number of aliphatic hydroxyl groups is 1. The molecule has 2 amide bonds. The fourth-order valence-corrected chi connectivity index (χ4v) is 5.95. The molecule has 0 aromatic heterocycles. The van der Waals surface area contributed by atoms with Crippen molar-refractivity contribution >= 4 is 6.03 Å². The van der Waals surface area contributed by atoms with E-state index in [1.54, 1.807) is 32.4 Å². The Labute approximate surface area is 160 Å². The van der Waals surface area contributed by atoms with Crippen molar-refractivity contribution in [2.75, 3.05) is 20.8 Å². The summed E-state index contributed by atoms with van der Waals surface area (Å²) in [5.74, 6) is 3.56. The minimum atomic E-state index is -0.864. The molecule has 0 radical (unpaired) electrons. The van der Waals surface area contributed by atoms with Gasteiger partial charge in [-0.2, -0.15) is 0 Å². The summed E-state index contributed by atoms with van der Waals surface area (Å²) in [4.78, 5) is 12.6. The van der Waals surface area contributed by atoms with Gasteiger partial charge in [-0.1, -0.05) is 0 Å². The molecular formula is C21H30N2O4. The maximum atomic E-state index is 12.6. The quantitative estimate of drug-likeness (QED) is 0.715. The fraction of sp³-hybridized carbons (Fsp3) is 0.667. The van der Waals surface area contributed by atoms with Crippen LogP contribution in [0.1, 0.15) is 50.2 Å². The molecule has 0 aliphatic heterocycles. The molecule has 1 aromatic carbocycles. The molecule has 1 atom stereocenters. The first kappa shape index (κ1) is 18.4. The molecule has 3 N–H and O–H groups in total. The van der Waals surface area contributed by atoms with Gasteiger partial charge in [0.2, 0.25) is 0 Å². The lowest BCUT2D eigenvalue weighted by atomic mass is 9.53. The summed E-state index contributed by atoms with van der Waals surface area (Å²) in [5, 5.41) is 16.7. The van der Waals surface area contributed by atoms with Gasteiger partial charge < -0.3 is 25.2 Å². The van der Waals surface area contributed by atoms with Crippen LogP contribution < -0.4 is 20.1 Å². The smallest absolute Gasteiger partial charge is 0.315 e. The van der Waals surface area contributed by atoms with E-state index in [4.69, 9.17) is 9.47 Å². The second-order valence-electron chi connectivity index (χ2n) is 8.66. The van der Waals surface area contributed by atoms with Crippen molar-refractivity contribution in [3.8, 4) is 11.5 Å². The molecule has 148 valence electrons. The van der Waals surface area contributed by atoms with Crippen LogP contribution in [0.3, 0.4) is 0 Å². The van der Waals surface area contributed by atoms with Crippen LogP contribution >= 0.6 is 0 Å². The van der Waals surface area contributed by atoms with Crippen LogP contribution in [0.15, 0.2) is 18.2 Å². The lowest BCUT2D eigenvalue weighted by Crippen LogP contribution is -2.61. The van der Waals surface area contributed by atoms with E-state index in [1.165, 1.54) is 19.3 Å². The lowest BCUT2D eigenvalue weighted by Gasteiger charge is -2.56. The van der Waals surface area contributed by atoms with Gasteiger partial charge in [0, 0.05) is 17.6 Å². The number of ether oxygens (including phenoxy) is 2. The molecule has 0 unspecified atom stereocenters. The molecule has 6 nitrogen and oxygen atoms in total.